The van der Waals surface area contributed by atoms with E-state index < -0.39 is 0 Å². The van der Waals surface area contributed by atoms with Crippen LogP contribution in [0.15, 0.2) is 109 Å². The van der Waals surface area contributed by atoms with Gasteiger partial charge in [0.1, 0.15) is 0 Å². The summed E-state index contributed by atoms with van der Waals surface area (Å²) in [6.45, 7) is 15.0. The summed E-state index contributed by atoms with van der Waals surface area (Å²) in [5.74, 6) is 0. The molecule has 70 heavy (non-hydrogen) atoms. The van der Waals surface area contributed by atoms with Gasteiger partial charge in [-0.2, -0.15) is 0 Å². The zero-order valence-electron chi connectivity index (χ0n) is 41.7. The Kier molecular flexibility index (Phi) is 41.5. The molecule has 0 N–H and O–H groups in total. The van der Waals surface area contributed by atoms with Gasteiger partial charge in [0, 0.05) is 51.4 Å². The second kappa shape index (κ2) is 46.7. The van der Waals surface area contributed by atoms with Crippen LogP contribution in [0.5, 0.6) is 0 Å². The van der Waals surface area contributed by atoms with E-state index in [2.05, 4.69) is 18.2 Å². The van der Waals surface area contributed by atoms with Crippen molar-refractivity contribution in [2.45, 2.75) is 39.6 Å². The van der Waals surface area contributed by atoms with Gasteiger partial charge in [-0.1, -0.05) is 109 Å². The second-order valence-corrected chi connectivity index (χ2v) is 15.4. The Hall–Kier alpha value is -2.08. The van der Waals surface area contributed by atoms with Crippen molar-refractivity contribution in [1.82, 2.24) is 0 Å². The fraction of sp³-hybridized carbons (Fsp3) is 0.556. The van der Waals surface area contributed by atoms with Gasteiger partial charge < -0.3 is 71.1 Å². The minimum Gasteiger partial charge on any atom is -0.377 e. The smallest absolute Gasteiger partial charge is 0.0718 e. The Labute approximate surface area is 459 Å². The van der Waals surface area contributed by atoms with Gasteiger partial charge in [0.05, 0.1) is 198 Å². The Morgan fingerprint density at radius 2 is 0.314 bits per heavy atom. The minimum absolute atomic E-state index is 0. The van der Waals surface area contributed by atoms with Crippen molar-refractivity contribution in [2.75, 3.05) is 159 Å². The maximum absolute atomic E-state index is 5.96. The number of rotatable bonds is 48. The van der Waals surface area contributed by atoms with Gasteiger partial charge >= 0.3 is 0 Å². The first-order valence-corrected chi connectivity index (χ1v) is 24.2. The van der Waals surface area contributed by atoms with Crippen molar-refractivity contribution < 1.29 is 71.1 Å². The first kappa shape index (κ1) is 62.2. The monoisotopic (exact) mass is 1010 g/mol. The van der Waals surface area contributed by atoms with E-state index >= 15 is 0 Å². The quantitative estimate of drug-likeness (QED) is 0.0345. The van der Waals surface area contributed by atoms with Gasteiger partial charge in [0.15, 0.2) is 0 Å². The molecule has 4 aromatic rings. The fourth-order valence-corrected chi connectivity index (χ4v) is 6.28. The molecule has 0 atom stereocenters. The summed E-state index contributed by atoms with van der Waals surface area (Å²) >= 11 is 0. The normalized spacial score (nSPS) is 11.3. The van der Waals surface area contributed by atoms with Crippen LogP contribution in [0.4, 0.5) is 0 Å². The second-order valence-electron chi connectivity index (χ2n) is 15.4. The van der Waals surface area contributed by atoms with E-state index in [-0.39, 0.29) is 51.4 Å². The summed E-state index contributed by atoms with van der Waals surface area (Å²) in [5, 5.41) is 0. The molecule has 4 aromatic carbocycles. The van der Waals surface area contributed by atoms with E-state index in [1.807, 2.05) is 91.0 Å². The first-order chi connectivity index (χ1) is 34.3. The number of hydrogen-bond acceptors (Lipinski definition) is 15. The zero-order chi connectivity index (χ0) is 48.0. The first-order valence-electron chi connectivity index (χ1n) is 24.2. The van der Waals surface area contributed by atoms with Gasteiger partial charge in [-0.25, -0.2) is 0 Å². The van der Waals surface area contributed by atoms with E-state index in [0.717, 1.165) is 33.4 Å². The molecule has 0 aromatic heterocycles. The van der Waals surface area contributed by atoms with Crippen molar-refractivity contribution in [3.63, 3.8) is 0 Å². The van der Waals surface area contributed by atoms with E-state index in [1.54, 1.807) is 0 Å². The topological polar surface area (TPSA) is 138 Å². The van der Waals surface area contributed by atoms with Crippen LogP contribution in [0.25, 0.3) is 0 Å². The number of ether oxygens (including phenoxy) is 15. The molecule has 0 aliphatic heterocycles. The van der Waals surface area contributed by atoms with Gasteiger partial charge in [-0.15, -0.1) is 0 Å². The van der Waals surface area contributed by atoms with E-state index in [0.29, 0.717) is 198 Å². The number of hydrogen-bond donors (Lipinski definition) is 0. The molecule has 0 spiro atoms. The van der Waals surface area contributed by atoms with Crippen LogP contribution in [0.1, 0.15) is 33.4 Å². The van der Waals surface area contributed by atoms with E-state index in [1.165, 1.54) is 0 Å². The summed E-state index contributed by atoms with van der Waals surface area (Å²) in [4.78, 5) is 0. The van der Waals surface area contributed by atoms with Crippen LogP contribution < -0.4 is 0 Å². The summed E-state index contributed by atoms with van der Waals surface area (Å²) in [5.41, 5.74) is 6.53. The Morgan fingerprint density at radius 1 is 0.171 bits per heavy atom. The molecule has 0 aliphatic carbocycles. The van der Waals surface area contributed by atoms with E-state index in [9.17, 15) is 0 Å². The summed E-state index contributed by atoms with van der Waals surface area (Å²) in [6, 6.07) is 36.5. The maximum Gasteiger partial charge on any atom is 0.0718 e. The molecule has 0 saturated heterocycles. The summed E-state index contributed by atoms with van der Waals surface area (Å²) < 4.78 is 85.5. The molecule has 0 heterocycles. The predicted octanol–water partition coefficient (Wildman–Crippen LogP) is 6.66. The Morgan fingerprint density at radius 3 is 0.486 bits per heavy atom. The van der Waals surface area contributed by atoms with Crippen LogP contribution in [0.2, 0.25) is 0 Å². The Balaban J connectivity index is 0.0000130. The van der Waals surface area contributed by atoms with Crippen molar-refractivity contribution in [2.24, 2.45) is 0 Å². The van der Waals surface area contributed by atoms with Crippen LogP contribution in [-0.2, 0) is 111 Å². The van der Waals surface area contributed by atoms with Crippen LogP contribution in [0, 0.1) is 0 Å². The van der Waals surface area contributed by atoms with Crippen LogP contribution in [-0.4, -0.2) is 210 Å². The fourth-order valence-electron chi connectivity index (χ4n) is 6.28. The predicted molar refractivity (Wildman–Crippen MR) is 267 cm³/mol. The average molecular weight is 1010 g/mol. The molecule has 385 valence electrons. The Bertz CT molecular complexity index is 1500. The molecule has 0 fully saturated rings. The maximum atomic E-state index is 5.96. The minimum atomic E-state index is 0. The molecule has 0 aliphatic rings. The molecule has 0 amide bonds. The average Bonchev–Trinajstić information content (AvgIpc) is 3.38. The van der Waals surface area contributed by atoms with Crippen LogP contribution in [0.3, 0.4) is 0 Å². The van der Waals surface area contributed by atoms with E-state index in [4.69, 9.17) is 71.1 Å². The molecule has 1 radical (unpaired) electrons. The van der Waals surface area contributed by atoms with Crippen molar-refractivity contribution in [1.29, 1.82) is 0 Å². The number of benzene rings is 4. The van der Waals surface area contributed by atoms with Crippen molar-refractivity contribution in [3.8, 4) is 0 Å². The molecular formula is C54H78KO15. The molecule has 16 heteroatoms. The largest absolute Gasteiger partial charge is 0.377 e. The molecule has 0 bridgehead atoms. The molecule has 0 saturated carbocycles. The SMILES string of the molecule is [K].c1ccc(COCCOCCOCCOCCOCc2cc(COCCOCCOCCOCCOCc3ccccc3)cc(COCCOCCOCCOCCOCc3ccccc3)c2)cc1. The third-order valence-corrected chi connectivity index (χ3v) is 9.72. The third-order valence-electron chi connectivity index (χ3n) is 9.72. The van der Waals surface area contributed by atoms with Gasteiger partial charge in [0.2, 0.25) is 0 Å². The van der Waals surface area contributed by atoms with Crippen LogP contribution >= 0.6 is 0 Å². The molecule has 4 rings (SSSR count). The third kappa shape index (κ3) is 35.9. The summed E-state index contributed by atoms with van der Waals surface area (Å²) in [6.07, 6.45) is 0. The molecule has 15 nitrogen and oxygen atoms in total. The summed E-state index contributed by atoms with van der Waals surface area (Å²) in [7, 11) is 0. The standard InChI is InChI=1S/C54H78O15.K/c1-4-10-49(11-5-1)43-64-34-28-58-22-16-55-19-25-61-31-37-67-46-52-40-53(47-68-38-32-62-26-20-56-17-23-59-29-35-65-44-50-12-6-2-7-13-50)42-54(41-52)48-69-39-33-63-27-21-57-18-24-60-30-36-66-45-51-14-8-3-9-15-51;/h1-15,40-42H,16-39,43-48H2;. The van der Waals surface area contributed by atoms with Gasteiger partial charge in [0.25, 0.3) is 0 Å². The van der Waals surface area contributed by atoms with Gasteiger partial charge in [-0.05, 0) is 33.4 Å². The zero-order valence-corrected chi connectivity index (χ0v) is 44.9. The van der Waals surface area contributed by atoms with Crippen molar-refractivity contribution in [3.05, 3.63) is 143 Å². The van der Waals surface area contributed by atoms with Gasteiger partial charge in [-0.3, -0.25) is 0 Å². The van der Waals surface area contributed by atoms with Crippen molar-refractivity contribution >= 4 is 51.4 Å². The molecular weight excluding hydrogens is 928 g/mol. The molecule has 0 unspecified atom stereocenters.